The van der Waals surface area contributed by atoms with E-state index in [1.807, 2.05) is 6.92 Å². The van der Waals surface area contributed by atoms with Gasteiger partial charge in [-0.2, -0.15) is 5.10 Å². The van der Waals surface area contributed by atoms with Gasteiger partial charge in [-0.05, 0) is 63.8 Å². The van der Waals surface area contributed by atoms with Crippen LogP contribution in [0.1, 0.15) is 59.8 Å². The number of aryl methyl sites for hydroxylation is 2. The number of hydrogen-bond acceptors (Lipinski definition) is 7. The third kappa shape index (κ3) is 5.47. The van der Waals surface area contributed by atoms with Crippen molar-refractivity contribution in [2.24, 2.45) is 7.05 Å². The lowest BCUT2D eigenvalue weighted by molar-refractivity contribution is 0.297. The number of likely N-dealkylation sites (tertiary alicyclic amines) is 1. The molecule has 2 aromatic heterocycles. The summed E-state index contributed by atoms with van der Waals surface area (Å²) in [5.74, 6) is 0.237. The average Bonchev–Trinajstić information content (AvgIpc) is 3.48. The van der Waals surface area contributed by atoms with Gasteiger partial charge in [-0.1, -0.05) is 20.2 Å². The molecule has 2 atom stereocenters. The number of nitrogens with one attached hydrogen (secondary N) is 2. The number of nitrogens with zero attached hydrogens (tertiary/aromatic N) is 4. The van der Waals surface area contributed by atoms with Crippen molar-refractivity contribution in [1.82, 2.24) is 29.4 Å². The Balaban J connectivity index is 1.76. The highest BCUT2D eigenvalue weighted by molar-refractivity contribution is 7.89. The van der Waals surface area contributed by atoms with Crippen LogP contribution in [0.15, 0.2) is 27.9 Å². The molecule has 0 spiro atoms. The topological polar surface area (TPSA) is 122 Å². The van der Waals surface area contributed by atoms with Gasteiger partial charge in [0.25, 0.3) is 5.56 Å². The second kappa shape index (κ2) is 11.1. The second-order valence-electron chi connectivity index (χ2n) is 8.76. The lowest BCUT2D eigenvalue weighted by Gasteiger charge is -2.19. The van der Waals surface area contributed by atoms with Crippen LogP contribution in [0.25, 0.3) is 22.4 Å². The number of H-pyrrole nitrogens is 1. The minimum Gasteiger partial charge on any atom is -0.493 e. The molecule has 0 radical (unpaired) electrons. The van der Waals surface area contributed by atoms with Crippen molar-refractivity contribution in [2.45, 2.75) is 63.2 Å². The summed E-state index contributed by atoms with van der Waals surface area (Å²) < 4.78 is 84.1. The molecule has 1 aromatic carbocycles. The largest absolute Gasteiger partial charge is 0.493 e. The standard InChI is InChI=1S/C25H36N6O4S/c1-5-8-20-22-23(31(4)29-20)25(32)28-24(27-22)19-16-18(10-11-21(19)35-15-6-2)36(33,34)26-13-12-17-9-7-14-30(17)3/h10-11,16-17,26H,5-9,12-15H2,1-4H3,(H,27,28,32)/i1D3,12D2,13D. The maximum Gasteiger partial charge on any atom is 0.277 e. The molecule has 0 bridgehead atoms. The van der Waals surface area contributed by atoms with Crippen molar-refractivity contribution in [3.8, 4) is 17.1 Å². The molecule has 10 nitrogen and oxygen atoms in total. The lowest BCUT2D eigenvalue weighted by atomic mass is 10.1. The highest BCUT2D eigenvalue weighted by atomic mass is 32.2. The predicted molar refractivity (Wildman–Crippen MR) is 140 cm³/mol. The number of aromatic nitrogens is 4. The zero-order chi connectivity index (χ0) is 31.0. The van der Waals surface area contributed by atoms with E-state index < -0.39 is 41.4 Å². The zero-order valence-corrected chi connectivity index (χ0v) is 21.5. The molecule has 1 aliphatic heterocycles. The number of ether oxygens (including phenoxy) is 1. The predicted octanol–water partition coefficient (Wildman–Crippen LogP) is 2.83. The van der Waals surface area contributed by atoms with E-state index >= 15 is 0 Å². The maximum atomic E-state index is 13.4. The first kappa shape index (κ1) is 19.4. The first-order valence-corrected chi connectivity index (χ1v) is 13.4. The van der Waals surface area contributed by atoms with E-state index in [0.717, 1.165) is 6.42 Å². The summed E-state index contributed by atoms with van der Waals surface area (Å²) in [4.78, 5) is 21.8. The molecular weight excluding hydrogens is 480 g/mol. The van der Waals surface area contributed by atoms with Gasteiger partial charge in [-0.25, -0.2) is 18.1 Å². The van der Waals surface area contributed by atoms with Crippen LogP contribution in [-0.4, -0.2) is 65.8 Å². The SMILES string of the molecule is [2H]C(NS(=O)(=O)c1ccc(OCCC)c(-c2nc3c(CCC([2H])([2H])[2H])nn(C)c3c(=O)[nH]2)c1)C([2H])([2H])C1CCCN1C. The van der Waals surface area contributed by atoms with Crippen LogP contribution in [-0.2, 0) is 23.5 Å². The Kier molecular flexibility index (Phi) is 5.97. The smallest absolute Gasteiger partial charge is 0.277 e. The molecule has 2 unspecified atom stereocenters. The number of hydrogen-bond donors (Lipinski definition) is 2. The minimum atomic E-state index is -4.39. The average molecular weight is 523 g/mol. The van der Waals surface area contributed by atoms with Gasteiger partial charge in [0, 0.05) is 27.8 Å². The number of aromatic amines is 1. The van der Waals surface area contributed by atoms with E-state index in [-0.39, 0.29) is 45.9 Å². The minimum absolute atomic E-state index is 0.0101. The zero-order valence-electron chi connectivity index (χ0n) is 26.7. The lowest BCUT2D eigenvalue weighted by Crippen LogP contribution is -2.31. The number of benzene rings is 1. The Morgan fingerprint density at radius 3 is 2.89 bits per heavy atom. The summed E-state index contributed by atoms with van der Waals surface area (Å²) in [6.07, 6.45) is -0.368. The Morgan fingerprint density at radius 2 is 2.17 bits per heavy atom. The van der Waals surface area contributed by atoms with Gasteiger partial charge in [0.15, 0.2) is 5.52 Å². The van der Waals surface area contributed by atoms with Gasteiger partial charge in [-0.15, -0.1) is 0 Å². The molecule has 0 amide bonds. The Bertz CT molecular complexity index is 1610. The normalized spacial score (nSPS) is 20.8. The molecule has 0 saturated carbocycles. The highest BCUT2D eigenvalue weighted by Crippen LogP contribution is 2.31. The van der Waals surface area contributed by atoms with E-state index in [1.54, 1.807) is 19.0 Å². The molecule has 1 aliphatic rings. The van der Waals surface area contributed by atoms with E-state index in [0.29, 0.717) is 31.7 Å². The molecule has 3 heterocycles. The Hall–Kier alpha value is -2.76. The van der Waals surface area contributed by atoms with E-state index in [1.165, 1.54) is 22.9 Å². The van der Waals surface area contributed by atoms with Crippen molar-refractivity contribution < 1.29 is 21.4 Å². The molecule has 0 aliphatic carbocycles. The monoisotopic (exact) mass is 522 g/mol. The molecule has 11 heteroatoms. The maximum absolute atomic E-state index is 13.4. The summed E-state index contributed by atoms with van der Waals surface area (Å²) in [6.45, 7) is -1.13. The van der Waals surface area contributed by atoms with Crippen molar-refractivity contribution in [3.05, 3.63) is 34.2 Å². The fraction of sp³-hybridized carbons (Fsp3) is 0.560. The van der Waals surface area contributed by atoms with Crippen LogP contribution >= 0.6 is 0 Å². The van der Waals surface area contributed by atoms with Gasteiger partial charge >= 0.3 is 0 Å². The van der Waals surface area contributed by atoms with Crippen molar-refractivity contribution in [1.29, 1.82) is 0 Å². The van der Waals surface area contributed by atoms with Crippen molar-refractivity contribution in [2.75, 3.05) is 26.7 Å². The fourth-order valence-corrected chi connectivity index (χ4v) is 5.14. The van der Waals surface area contributed by atoms with Crippen molar-refractivity contribution in [3.63, 3.8) is 0 Å². The van der Waals surface area contributed by atoms with Crippen LogP contribution in [0.3, 0.4) is 0 Å². The van der Waals surface area contributed by atoms with Crippen LogP contribution in [0.5, 0.6) is 5.75 Å². The molecule has 196 valence electrons. The van der Waals surface area contributed by atoms with Crippen molar-refractivity contribution >= 4 is 21.1 Å². The molecule has 2 N–H and O–H groups in total. The van der Waals surface area contributed by atoms with E-state index in [2.05, 4.69) is 19.8 Å². The number of rotatable bonds is 11. The summed E-state index contributed by atoms with van der Waals surface area (Å²) in [5.41, 5.74) is 0.230. The van der Waals surface area contributed by atoms with Crippen LogP contribution in [0.2, 0.25) is 0 Å². The summed E-state index contributed by atoms with van der Waals surface area (Å²) in [6, 6.07) is 3.34. The van der Waals surface area contributed by atoms with E-state index in [9.17, 15) is 13.2 Å². The van der Waals surface area contributed by atoms with Gasteiger partial charge < -0.3 is 14.6 Å². The second-order valence-corrected chi connectivity index (χ2v) is 10.5. The first-order valence-electron chi connectivity index (χ1n) is 15.0. The molecule has 36 heavy (non-hydrogen) atoms. The van der Waals surface area contributed by atoms with E-state index in [4.69, 9.17) is 13.0 Å². The molecule has 1 fully saturated rings. The molecular formula is C25H36N6O4S. The van der Waals surface area contributed by atoms with Crippen LogP contribution in [0, 0.1) is 0 Å². The van der Waals surface area contributed by atoms with Gasteiger partial charge in [0.2, 0.25) is 10.0 Å². The van der Waals surface area contributed by atoms with Gasteiger partial charge in [0.1, 0.15) is 17.1 Å². The summed E-state index contributed by atoms with van der Waals surface area (Å²) in [7, 11) is -1.09. The Labute approximate surface area is 220 Å². The third-order valence-electron chi connectivity index (χ3n) is 6.11. The number of sulfonamides is 1. The highest BCUT2D eigenvalue weighted by Gasteiger charge is 2.23. The molecule has 3 aromatic rings. The third-order valence-corrected chi connectivity index (χ3v) is 7.42. The molecule has 1 saturated heterocycles. The Morgan fingerprint density at radius 1 is 1.33 bits per heavy atom. The quantitative estimate of drug-likeness (QED) is 0.397. The fourth-order valence-electron chi connectivity index (χ4n) is 4.26. The van der Waals surface area contributed by atoms with Gasteiger partial charge in [-0.3, -0.25) is 9.48 Å². The molecule has 4 rings (SSSR count). The van der Waals surface area contributed by atoms with Crippen LogP contribution in [0.4, 0.5) is 0 Å². The van der Waals surface area contributed by atoms with Crippen LogP contribution < -0.4 is 15.0 Å². The summed E-state index contributed by atoms with van der Waals surface area (Å²) in [5, 5.41) is 4.30. The number of fused-ring (bicyclic) bond motifs is 1. The van der Waals surface area contributed by atoms with Gasteiger partial charge in [0.05, 0.1) is 22.8 Å². The first-order chi connectivity index (χ1) is 19.5. The summed E-state index contributed by atoms with van der Waals surface area (Å²) >= 11 is 0.